The first-order valence-corrected chi connectivity index (χ1v) is 7.29. The van der Waals surface area contributed by atoms with Crippen molar-refractivity contribution in [1.29, 1.82) is 0 Å². The van der Waals surface area contributed by atoms with E-state index in [9.17, 15) is 4.79 Å². The fourth-order valence-corrected chi connectivity index (χ4v) is 3.36. The smallest absolute Gasteiger partial charge is 0.234 e. The predicted molar refractivity (Wildman–Crippen MR) is 67.7 cm³/mol. The Morgan fingerprint density at radius 3 is 2.41 bits per heavy atom. The van der Waals surface area contributed by atoms with E-state index in [1.54, 1.807) is 0 Å². The lowest BCUT2D eigenvalue weighted by Gasteiger charge is -2.16. The topological polar surface area (TPSA) is 41.1 Å². The van der Waals surface area contributed by atoms with Crippen LogP contribution in [0.2, 0.25) is 0 Å². The lowest BCUT2D eigenvalue weighted by Crippen LogP contribution is -2.40. The van der Waals surface area contributed by atoms with Crippen LogP contribution in [-0.2, 0) is 4.79 Å². The summed E-state index contributed by atoms with van der Waals surface area (Å²) in [5.74, 6) is 1.18. The summed E-state index contributed by atoms with van der Waals surface area (Å²) < 4.78 is 0. The Kier molecular flexibility index (Phi) is 3.12. The van der Waals surface area contributed by atoms with E-state index in [1.165, 1.54) is 51.4 Å². The summed E-state index contributed by atoms with van der Waals surface area (Å²) in [7, 11) is 0. The molecule has 2 N–H and O–H groups in total. The molecule has 0 aromatic heterocycles. The van der Waals surface area contributed by atoms with Gasteiger partial charge in [0.25, 0.3) is 0 Å². The van der Waals surface area contributed by atoms with Gasteiger partial charge in [0.1, 0.15) is 0 Å². The van der Waals surface area contributed by atoms with E-state index in [2.05, 4.69) is 10.6 Å². The van der Waals surface area contributed by atoms with Crippen molar-refractivity contribution in [2.75, 3.05) is 13.1 Å². The maximum absolute atomic E-state index is 11.7. The molecule has 3 rings (SSSR count). The van der Waals surface area contributed by atoms with Crippen LogP contribution in [0.3, 0.4) is 0 Å². The van der Waals surface area contributed by atoms with E-state index >= 15 is 0 Å². The number of rotatable bonds is 6. The Labute approximate surface area is 104 Å². The van der Waals surface area contributed by atoms with Gasteiger partial charge < -0.3 is 10.6 Å². The van der Waals surface area contributed by atoms with Crippen LogP contribution in [0.5, 0.6) is 0 Å². The van der Waals surface area contributed by atoms with E-state index in [-0.39, 0.29) is 5.91 Å². The van der Waals surface area contributed by atoms with Crippen LogP contribution < -0.4 is 10.6 Å². The van der Waals surface area contributed by atoms with Crippen molar-refractivity contribution in [2.24, 2.45) is 11.3 Å². The number of carbonyl (C=O) groups excluding carboxylic acids is 1. The molecule has 3 fully saturated rings. The van der Waals surface area contributed by atoms with E-state index in [4.69, 9.17) is 0 Å². The average Bonchev–Trinajstić information content (AvgIpc) is 3.19. The molecule has 3 heteroatoms. The van der Waals surface area contributed by atoms with Crippen LogP contribution in [0.4, 0.5) is 0 Å². The van der Waals surface area contributed by atoms with Gasteiger partial charge in [0.2, 0.25) is 5.91 Å². The molecule has 3 aliphatic carbocycles. The minimum absolute atomic E-state index is 0.198. The zero-order valence-corrected chi connectivity index (χ0v) is 10.6. The molecule has 17 heavy (non-hydrogen) atoms. The number of carbonyl (C=O) groups is 1. The molecule has 0 radical (unpaired) electrons. The van der Waals surface area contributed by atoms with E-state index in [0.29, 0.717) is 18.0 Å². The number of nitrogens with one attached hydrogen (secondary N) is 2. The number of hydrogen-bond acceptors (Lipinski definition) is 2. The van der Waals surface area contributed by atoms with Crippen molar-refractivity contribution in [3.63, 3.8) is 0 Å². The van der Waals surface area contributed by atoms with Gasteiger partial charge in [-0.05, 0) is 49.9 Å². The summed E-state index contributed by atoms with van der Waals surface area (Å²) in [6.45, 7) is 1.58. The predicted octanol–water partition coefficient (Wildman–Crippen LogP) is 1.82. The van der Waals surface area contributed by atoms with Crippen LogP contribution in [0.1, 0.15) is 51.4 Å². The lowest BCUT2D eigenvalue weighted by atomic mass is 10.0. The molecule has 96 valence electrons. The molecule has 3 nitrogen and oxygen atoms in total. The minimum atomic E-state index is 0.198. The van der Waals surface area contributed by atoms with Gasteiger partial charge in [-0.15, -0.1) is 0 Å². The summed E-state index contributed by atoms with van der Waals surface area (Å²) >= 11 is 0. The first-order valence-electron chi connectivity index (χ1n) is 7.29. The van der Waals surface area contributed by atoms with Crippen molar-refractivity contribution in [1.82, 2.24) is 10.6 Å². The highest BCUT2D eigenvalue weighted by Gasteiger charge is 2.53. The first kappa shape index (κ1) is 11.5. The fraction of sp³-hybridized carbons (Fsp3) is 0.929. The summed E-state index contributed by atoms with van der Waals surface area (Å²) in [4.78, 5) is 11.7. The standard InChI is InChI=1S/C14H24N2O/c17-13(16-12-3-1-2-4-12)9-15-10-14(7-8-14)11-5-6-11/h11-12,15H,1-10H2,(H,16,17). The average molecular weight is 236 g/mol. The van der Waals surface area contributed by atoms with Gasteiger partial charge in [0.05, 0.1) is 6.54 Å². The van der Waals surface area contributed by atoms with Crippen LogP contribution in [0.15, 0.2) is 0 Å². The minimum Gasteiger partial charge on any atom is -0.352 e. The van der Waals surface area contributed by atoms with E-state index in [0.717, 1.165) is 12.5 Å². The van der Waals surface area contributed by atoms with Crippen LogP contribution in [0.25, 0.3) is 0 Å². The second-order valence-electron chi connectivity index (χ2n) is 6.29. The third-order valence-electron chi connectivity index (χ3n) is 4.82. The molecule has 0 aromatic rings. The van der Waals surface area contributed by atoms with Crippen molar-refractivity contribution in [3.8, 4) is 0 Å². The van der Waals surface area contributed by atoms with Gasteiger partial charge in [0.15, 0.2) is 0 Å². The van der Waals surface area contributed by atoms with Gasteiger partial charge in [-0.1, -0.05) is 12.8 Å². The van der Waals surface area contributed by atoms with Crippen molar-refractivity contribution >= 4 is 5.91 Å². The van der Waals surface area contributed by atoms with E-state index < -0.39 is 0 Å². The van der Waals surface area contributed by atoms with Gasteiger partial charge in [-0.25, -0.2) is 0 Å². The molecule has 0 unspecified atom stereocenters. The monoisotopic (exact) mass is 236 g/mol. The largest absolute Gasteiger partial charge is 0.352 e. The summed E-state index contributed by atoms with van der Waals surface area (Å²) in [6, 6.07) is 0.461. The maximum atomic E-state index is 11.7. The quantitative estimate of drug-likeness (QED) is 0.738. The zero-order chi connectivity index (χ0) is 11.7. The fourth-order valence-electron chi connectivity index (χ4n) is 3.36. The molecular formula is C14H24N2O. The second kappa shape index (κ2) is 4.60. The number of hydrogen-bond donors (Lipinski definition) is 2. The number of amides is 1. The van der Waals surface area contributed by atoms with Gasteiger partial charge in [-0.3, -0.25) is 4.79 Å². The lowest BCUT2D eigenvalue weighted by molar-refractivity contribution is -0.120. The highest BCUT2D eigenvalue weighted by molar-refractivity contribution is 5.78. The normalized spacial score (nSPS) is 27.1. The Balaban J connectivity index is 1.32. The molecule has 0 spiro atoms. The molecular weight excluding hydrogens is 212 g/mol. The van der Waals surface area contributed by atoms with Crippen LogP contribution in [-0.4, -0.2) is 25.0 Å². The highest BCUT2D eigenvalue weighted by Crippen LogP contribution is 2.60. The molecule has 0 saturated heterocycles. The Bertz CT molecular complexity index is 289. The Morgan fingerprint density at radius 1 is 1.12 bits per heavy atom. The Morgan fingerprint density at radius 2 is 1.82 bits per heavy atom. The molecule has 0 aromatic carbocycles. The first-order chi connectivity index (χ1) is 8.28. The molecule has 3 aliphatic rings. The Hall–Kier alpha value is -0.570. The third kappa shape index (κ3) is 2.82. The summed E-state index contributed by atoms with van der Waals surface area (Å²) in [6.07, 6.45) is 10.5. The van der Waals surface area contributed by atoms with Crippen LogP contribution >= 0.6 is 0 Å². The zero-order valence-electron chi connectivity index (χ0n) is 10.6. The molecule has 0 atom stereocenters. The second-order valence-corrected chi connectivity index (χ2v) is 6.29. The van der Waals surface area contributed by atoms with Crippen LogP contribution in [0, 0.1) is 11.3 Å². The maximum Gasteiger partial charge on any atom is 0.234 e. The molecule has 0 heterocycles. The molecule has 3 saturated carbocycles. The van der Waals surface area contributed by atoms with Gasteiger partial charge >= 0.3 is 0 Å². The van der Waals surface area contributed by atoms with E-state index in [1.807, 2.05) is 0 Å². The summed E-state index contributed by atoms with van der Waals surface area (Å²) in [5.41, 5.74) is 0.605. The van der Waals surface area contributed by atoms with Crippen molar-refractivity contribution in [2.45, 2.75) is 57.4 Å². The third-order valence-corrected chi connectivity index (χ3v) is 4.82. The summed E-state index contributed by atoms with van der Waals surface area (Å²) in [5, 5.41) is 6.50. The molecule has 1 amide bonds. The van der Waals surface area contributed by atoms with Gasteiger partial charge in [0, 0.05) is 12.6 Å². The SMILES string of the molecule is O=C(CNCC1(C2CC2)CC1)NC1CCCC1. The van der Waals surface area contributed by atoms with Gasteiger partial charge in [-0.2, -0.15) is 0 Å². The van der Waals surface area contributed by atoms with Crippen molar-refractivity contribution < 1.29 is 4.79 Å². The molecule has 0 bridgehead atoms. The molecule has 0 aliphatic heterocycles. The highest BCUT2D eigenvalue weighted by atomic mass is 16.1. The van der Waals surface area contributed by atoms with Crippen molar-refractivity contribution in [3.05, 3.63) is 0 Å².